The second kappa shape index (κ2) is 9.10. The third-order valence-electron chi connectivity index (χ3n) is 3.31. The molecule has 1 aliphatic rings. The van der Waals surface area contributed by atoms with Crippen molar-refractivity contribution < 1.29 is 33.3 Å². The molecule has 1 heterocycles. The topological polar surface area (TPSA) is 100 Å². The van der Waals surface area contributed by atoms with Gasteiger partial charge in [-0.05, 0) is 30.7 Å². The first kappa shape index (κ1) is 19.6. The van der Waals surface area contributed by atoms with E-state index in [0.717, 1.165) is 19.6 Å². The van der Waals surface area contributed by atoms with Gasteiger partial charge in [0.2, 0.25) is 0 Å². The minimum absolute atomic E-state index is 0.364. The van der Waals surface area contributed by atoms with Gasteiger partial charge in [-0.2, -0.15) is 0 Å². The van der Waals surface area contributed by atoms with Crippen molar-refractivity contribution in [2.75, 3.05) is 20.3 Å². The van der Waals surface area contributed by atoms with Crippen molar-refractivity contribution in [2.45, 2.75) is 19.4 Å². The molecule has 0 aliphatic carbocycles. The Morgan fingerprint density at radius 3 is 2.73 bits per heavy atom. The van der Waals surface area contributed by atoms with Crippen molar-refractivity contribution in [2.24, 2.45) is 0 Å². The van der Waals surface area contributed by atoms with Crippen LogP contribution in [0.1, 0.15) is 18.9 Å². The normalized spacial score (nSPS) is 14.3. The summed E-state index contributed by atoms with van der Waals surface area (Å²) in [4.78, 5) is 34.4. The Balaban J connectivity index is 1.99. The number of esters is 1. The Morgan fingerprint density at radius 2 is 2.00 bits per heavy atom. The number of amides is 2. The number of ether oxygens (including phenoxy) is 4. The van der Waals surface area contributed by atoms with Gasteiger partial charge in [0.05, 0.1) is 25.3 Å². The van der Waals surface area contributed by atoms with Crippen LogP contribution in [-0.4, -0.2) is 44.4 Å². The maximum Gasteiger partial charge on any atom is 0.413 e. The molecule has 1 aliphatic heterocycles. The molecule has 0 fully saturated rings. The number of hydrogen-bond donors (Lipinski definition) is 1. The van der Waals surface area contributed by atoms with E-state index in [-0.39, 0.29) is 0 Å². The van der Waals surface area contributed by atoms with E-state index in [1.54, 1.807) is 12.1 Å². The lowest BCUT2D eigenvalue weighted by atomic mass is 10.2. The van der Waals surface area contributed by atoms with Gasteiger partial charge in [-0.1, -0.05) is 11.6 Å². The SMILES string of the molecule is COC(=O)NC(=O)[C@@H](C)OC(=O)/C=C/c1cc(Cl)c2c(c1)OCCCO2. The summed E-state index contributed by atoms with van der Waals surface area (Å²) in [5.41, 5.74) is 0.600. The van der Waals surface area contributed by atoms with Gasteiger partial charge >= 0.3 is 12.1 Å². The fourth-order valence-corrected chi connectivity index (χ4v) is 2.31. The van der Waals surface area contributed by atoms with Gasteiger partial charge in [-0.3, -0.25) is 10.1 Å². The van der Waals surface area contributed by atoms with E-state index in [4.69, 9.17) is 25.8 Å². The van der Waals surface area contributed by atoms with E-state index in [1.807, 2.05) is 5.32 Å². The van der Waals surface area contributed by atoms with Crippen molar-refractivity contribution in [3.05, 3.63) is 28.8 Å². The van der Waals surface area contributed by atoms with Crippen LogP contribution < -0.4 is 14.8 Å². The maximum absolute atomic E-state index is 11.8. The molecule has 1 N–H and O–H groups in total. The third-order valence-corrected chi connectivity index (χ3v) is 3.59. The maximum atomic E-state index is 11.8. The van der Waals surface area contributed by atoms with Crippen LogP contribution in [0, 0.1) is 0 Å². The summed E-state index contributed by atoms with van der Waals surface area (Å²) >= 11 is 6.17. The lowest BCUT2D eigenvalue weighted by molar-refractivity contribution is -0.149. The van der Waals surface area contributed by atoms with Crippen LogP contribution in [0.3, 0.4) is 0 Å². The highest BCUT2D eigenvalue weighted by atomic mass is 35.5. The fourth-order valence-electron chi connectivity index (χ4n) is 2.03. The molecule has 2 rings (SSSR count). The summed E-state index contributed by atoms with van der Waals surface area (Å²) in [6.45, 7) is 2.35. The van der Waals surface area contributed by atoms with E-state index < -0.39 is 24.1 Å². The molecule has 2 amide bonds. The number of alkyl carbamates (subject to hydrolysis) is 1. The highest BCUT2D eigenvalue weighted by Gasteiger charge is 2.19. The summed E-state index contributed by atoms with van der Waals surface area (Å²) in [5.74, 6) is -0.594. The molecule has 0 unspecified atom stereocenters. The van der Waals surface area contributed by atoms with E-state index in [0.29, 0.717) is 35.3 Å². The molecule has 0 aromatic heterocycles. The zero-order valence-electron chi connectivity index (χ0n) is 14.2. The second-order valence-electron chi connectivity index (χ2n) is 5.27. The number of carbonyl (C=O) groups is 3. The number of nitrogens with one attached hydrogen (secondary N) is 1. The number of imide groups is 1. The first-order valence-corrected chi connectivity index (χ1v) is 8.15. The molecule has 8 nitrogen and oxygen atoms in total. The Kier molecular flexibility index (Phi) is 6.85. The summed E-state index contributed by atoms with van der Waals surface area (Å²) in [7, 11) is 1.11. The number of benzene rings is 1. The van der Waals surface area contributed by atoms with Crippen molar-refractivity contribution in [1.29, 1.82) is 0 Å². The van der Waals surface area contributed by atoms with Crippen LogP contribution in [0.25, 0.3) is 6.08 Å². The molecule has 1 aromatic carbocycles. The zero-order chi connectivity index (χ0) is 19.1. The Labute approximate surface area is 155 Å². The molecular weight excluding hydrogens is 366 g/mol. The monoisotopic (exact) mass is 383 g/mol. The molecule has 0 spiro atoms. The van der Waals surface area contributed by atoms with Crippen LogP contribution in [0.15, 0.2) is 18.2 Å². The fraction of sp³-hybridized carbons (Fsp3) is 0.353. The van der Waals surface area contributed by atoms with Gasteiger partial charge in [-0.25, -0.2) is 9.59 Å². The highest BCUT2D eigenvalue weighted by molar-refractivity contribution is 6.32. The van der Waals surface area contributed by atoms with Crippen molar-refractivity contribution >= 4 is 35.6 Å². The van der Waals surface area contributed by atoms with Gasteiger partial charge in [0.15, 0.2) is 17.6 Å². The minimum Gasteiger partial charge on any atom is -0.489 e. The van der Waals surface area contributed by atoms with Gasteiger partial charge in [0.25, 0.3) is 5.91 Å². The zero-order valence-corrected chi connectivity index (χ0v) is 15.0. The molecule has 0 bridgehead atoms. The van der Waals surface area contributed by atoms with E-state index in [1.165, 1.54) is 13.0 Å². The summed E-state index contributed by atoms with van der Waals surface area (Å²) < 4.78 is 20.3. The number of hydrogen-bond acceptors (Lipinski definition) is 7. The van der Waals surface area contributed by atoms with Crippen LogP contribution >= 0.6 is 11.6 Å². The summed E-state index contributed by atoms with van der Waals surface area (Å²) in [5, 5.41) is 2.27. The molecule has 0 radical (unpaired) electrons. The summed E-state index contributed by atoms with van der Waals surface area (Å²) in [6, 6.07) is 3.30. The first-order chi connectivity index (χ1) is 12.4. The van der Waals surface area contributed by atoms with Crippen LogP contribution in [0.2, 0.25) is 5.02 Å². The average Bonchev–Trinajstić information content (AvgIpc) is 2.85. The second-order valence-corrected chi connectivity index (χ2v) is 5.68. The number of methoxy groups -OCH3 is 1. The Bertz CT molecular complexity index is 732. The average molecular weight is 384 g/mol. The molecule has 140 valence electrons. The Hall–Kier alpha value is -2.74. The Morgan fingerprint density at radius 1 is 1.27 bits per heavy atom. The largest absolute Gasteiger partial charge is 0.489 e. The predicted octanol–water partition coefficient (Wildman–Crippen LogP) is 2.33. The molecule has 0 saturated carbocycles. The molecular formula is C17H18ClNO7. The predicted molar refractivity (Wildman–Crippen MR) is 92.2 cm³/mol. The van der Waals surface area contributed by atoms with Crippen molar-refractivity contribution in [1.82, 2.24) is 5.32 Å². The lowest BCUT2D eigenvalue weighted by Crippen LogP contribution is -2.39. The highest BCUT2D eigenvalue weighted by Crippen LogP contribution is 2.38. The number of rotatable bonds is 4. The van der Waals surface area contributed by atoms with Crippen molar-refractivity contribution in [3.63, 3.8) is 0 Å². The minimum atomic E-state index is -1.17. The molecule has 1 atom stereocenters. The van der Waals surface area contributed by atoms with E-state index in [2.05, 4.69) is 4.74 Å². The van der Waals surface area contributed by atoms with Gasteiger partial charge in [0, 0.05) is 12.5 Å². The molecule has 9 heteroatoms. The first-order valence-electron chi connectivity index (χ1n) is 7.77. The quantitative estimate of drug-likeness (QED) is 0.629. The van der Waals surface area contributed by atoms with Crippen LogP contribution in [0.5, 0.6) is 11.5 Å². The third kappa shape index (κ3) is 5.38. The summed E-state index contributed by atoms with van der Waals surface area (Å²) in [6.07, 6.45) is 1.24. The van der Waals surface area contributed by atoms with Crippen LogP contribution in [0.4, 0.5) is 4.79 Å². The smallest absolute Gasteiger partial charge is 0.413 e. The lowest BCUT2D eigenvalue weighted by Gasteiger charge is -2.11. The van der Waals surface area contributed by atoms with E-state index >= 15 is 0 Å². The molecule has 1 aromatic rings. The van der Waals surface area contributed by atoms with Crippen LogP contribution in [-0.2, 0) is 19.1 Å². The molecule has 26 heavy (non-hydrogen) atoms. The number of fused-ring (bicyclic) bond motifs is 1. The standard InChI is InChI=1S/C17H18ClNO7/c1-10(16(21)19-17(22)23-2)26-14(20)5-4-11-8-12(18)15-13(9-11)24-6-3-7-25-15/h4-5,8-10H,3,6-7H2,1-2H3,(H,19,21,22)/b5-4+/t10-/m1/s1. The van der Waals surface area contributed by atoms with E-state index in [9.17, 15) is 14.4 Å². The number of halogens is 1. The number of carbonyl (C=O) groups excluding carboxylic acids is 3. The van der Waals surface area contributed by atoms with Gasteiger partial charge < -0.3 is 18.9 Å². The van der Waals surface area contributed by atoms with Crippen molar-refractivity contribution in [3.8, 4) is 11.5 Å². The molecule has 0 saturated heterocycles. The van der Waals surface area contributed by atoms with Gasteiger partial charge in [0.1, 0.15) is 0 Å². The van der Waals surface area contributed by atoms with Gasteiger partial charge in [-0.15, -0.1) is 0 Å².